The molecule has 0 aliphatic rings. The van der Waals surface area contributed by atoms with Crippen LogP contribution in [0.5, 0.6) is 0 Å². The minimum absolute atomic E-state index is 0.0898. The van der Waals surface area contributed by atoms with Crippen LogP contribution in [0.25, 0.3) is 0 Å². The van der Waals surface area contributed by atoms with Crippen LogP contribution in [0.3, 0.4) is 0 Å². The zero-order chi connectivity index (χ0) is 51.4. The van der Waals surface area contributed by atoms with Crippen molar-refractivity contribution < 1.29 is 28.6 Å². The fourth-order valence-corrected chi connectivity index (χ4v) is 8.84. The van der Waals surface area contributed by atoms with Gasteiger partial charge in [0.15, 0.2) is 6.10 Å². The van der Waals surface area contributed by atoms with Crippen molar-refractivity contribution >= 4 is 17.9 Å². The molecule has 0 aliphatic carbocycles. The lowest BCUT2D eigenvalue weighted by Gasteiger charge is -2.18. The summed E-state index contributed by atoms with van der Waals surface area (Å²) in [7, 11) is 0. The van der Waals surface area contributed by atoms with Gasteiger partial charge in [-0.15, -0.1) is 0 Å². The van der Waals surface area contributed by atoms with Crippen LogP contribution in [0, 0.1) is 0 Å². The standard InChI is InChI=1S/C65H116O6/c1-4-7-10-13-16-19-22-25-28-31-32-35-37-40-43-46-49-52-55-58-64(67)70-61-62(71-65(68)59-56-53-50-47-44-41-38-34-30-27-24-21-18-15-12-9-6-3)60-69-63(66)57-54-51-48-45-42-39-36-33-29-26-23-20-17-14-11-8-5-2/h17,20,26-27,29-30,36,39,45,48,62H,4-16,18-19,21-25,28,31-35,37-38,40-44,46-47,49-61H2,1-3H3/b20-17-,29-26-,30-27-,39-36-,48-45-/t62-/m1/s1. The molecule has 0 heterocycles. The molecule has 6 nitrogen and oxygen atoms in total. The largest absolute Gasteiger partial charge is 0.462 e. The molecule has 0 radical (unpaired) electrons. The molecule has 1 atom stereocenters. The summed E-state index contributed by atoms with van der Waals surface area (Å²) in [5.74, 6) is -0.937. The number of rotatable bonds is 56. The van der Waals surface area contributed by atoms with E-state index in [-0.39, 0.29) is 37.5 Å². The summed E-state index contributed by atoms with van der Waals surface area (Å²) in [6.07, 6.45) is 75.1. The van der Waals surface area contributed by atoms with Crippen LogP contribution in [0.15, 0.2) is 60.8 Å². The van der Waals surface area contributed by atoms with Crippen molar-refractivity contribution in [3.8, 4) is 0 Å². The quantitative estimate of drug-likeness (QED) is 0.0261. The number of esters is 3. The van der Waals surface area contributed by atoms with Gasteiger partial charge in [0.05, 0.1) is 0 Å². The Morgan fingerprint density at radius 1 is 0.282 bits per heavy atom. The Balaban J connectivity index is 4.42. The molecule has 0 aromatic rings. The molecule has 412 valence electrons. The van der Waals surface area contributed by atoms with Crippen molar-refractivity contribution in [2.24, 2.45) is 0 Å². The van der Waals surface area contributed by atoms with Gasteiger partial charge in [-0.25, -0.2) is 0 Å². The van der Waals surface area contributed by atoms with E-state index in [0.717, 1.165) is 64.2 Å². The third-order valence-corrected chi connectivity index (χ3v) is 13.5. The number of unbranched alkanes of at least 4 members (excludes halogenated alkanes) is 35. The predicted molar refractivity (Wildman–Crippen MR) is 307 cm³/mol. The molecular weight excluding hydrogens is 877 g/mol. The van der Waals surface area contributed by atoms with Crippen molar-refractivity contribution in [1.29, 1.82) is 0 Å². The van der Waals surface area contributed by atoms with Crippen LogP contribution in [0.2, 0.25) is 0 Å². The first kappa shape index (κ1) is 68.1. The van der Waals surface area contributed by atoms with Crippen molar-refractivity contribution in [2.75, 3.05) is 13.2 Å². The Labute approximate surface area is 440 Å². The molecule has 0 aliphatic heterocycles. The monoisotopic (exact) mass is 993 g/mol. The van der Waals surface area contributed by atoms with E-state index in [2.05, 4.69) is 81.5 Å². The highest BCUT2D eigenvalue weighted by Crippen LogP contribution is 2.17. The Morgan fingerprint density at radius 3 is 0.887 bits per heavy atom. The van der Waals surface area contributed by atoms with E-state index in [1.165, 1.54) is 205 Å². The van der Waals surface area contributed by atoms with Crippen molar-refractivity contribution in [1.82, 2.24) is 0 Å². The topological polar surface area (TPSA) is 78.9 Å². The molecule has 0 aromatic heterocycles. The van der Waals surface area contributed by atoms with E-state index in [1.54, 1.807) is 0 Å². The highest BCUT2D eigenvalue weighted by molar-refractivity contribution is 5.71. The second kappa shape index (κ2) is 59.7. The first-order valence-electron chi connectivity index (χ1n) is 30.8. The number of carbonyl (C=O) groups excluding carboxylic acids is 3. The molecule has 0 spiro atoms. The summed E-state index contributed by atoms with van der Waals surface area (Å²) in [6, 6.07) is 0. The highest BCUT2D eigenvalue weighted by atomic mass is 16.6. The Bertz CT molecular complexity index is 1280. The van der Waals surface area contributed by atoms with Crippen molar-refractivity contribution in [3.63, 3.8) is 0 Å². The van der Waals surface area contributed by atoms with Crippen LogP contribution >= 0.6 is 0 Å². The molecule has 0 unspecified atom stereocenters. The Hall–Kier alpha value is -2.89. The molecule has 71 heavy (non-hydrogen) atoms. The molecule has 0 amide bonds. The van der Waals surface area contributed by atoms with E-state index < -0.39 is 6.10 Å². The zero-order valence-electron chi connectivity index (χ0n) is 47.2. The molecule has 0 rings (SSSR count). The van der Waals surface area contributed by atoms with Crippen LogP contribution in [0.1, 0.15) is 316 Å². The van der Waals surface area contributed by atoms with Gasteiger partial charge in [-0.2, -0.15) is 0 Å². The summed E-state index contributed by atoms with van der Waals surface area (Å²) in [6.45, 7) is 6.60. The summed E-state index contributed by atoms with van der Waals surface area (Å²) >= 11 is 0. The van der Waals surface area contributed by atoms with E-state index in [1.807, 2.05) is 0 Å². The number of hydrogen-bond donors (Lipinski definition) is 0. The van der Waals surface area contributed by atoms with Gasteiger partial charge in [-0.3, -0.25) is 14.4 Å². The van der Waals surface area contributed by atoms with Crippen molar-refractivity contribution in [3.05, 3.63) is 60.8 Å². The molecular formula is C65H116O6. The fraction of sp³-hybridized carbons (Fsp3) is 0.800. The lowest BCUT2D eigenvalue weighted by atomic mass is 10.0. The van der Waals surface area contributed by atoms with Crippen LogP contribution in [-0.2, 0) is 28.6 Å². The molecule has 0 saturated heterocycles. The second-order valence-electron chi connectivity index (χ2n) is 20.6. The lowest BCUT2D eigenvalue weighted by Crippen LogP contribution is -2.30. The van der Waals surface area contributed by atoms with E-state index >= 15 is 0 Å². The SMILES string of the molecule is CCCCC/C=C\C/C=C\C/C=C\C/C=C\CCCC(=O)OC[C@H](COC(=O)CCCCCCCCCCCCCCCCCCCCC)OC(=O)CCCCCCCCC/C=C\CCCCCCCC. The maximum atomic E-state index is 12.9. The lowest BCUT2D eigenvalue weighted by molar-refractivity contribution is -0.167. The van der Waals surface area contributed by atoms with Gasteiger partial charge < -0.3 is 14.2 Å². The second-order valence-corrected chi connectivity index (χ2v) is 20.6. The van der Waals surface area contributed by atoms with Gasteiger partial charge in [0.1, 0.15) is 13.2 Å². The van der Waals surface area contributed by atoms with Gasteiger partial charge in [0.25, 0.3) is 0 Å². The molecule has 6 heteroatoms. The van der Waals surface area contributed by atoms with Gasteiger partial charge in [0, 0.05) is 19.3 Å². The third kappa shape index (κ3) is 57.9. The predicted octanol–water partition coefficient (Wildman–Crippen LogP) is 20.8. The summed E-state index contributed by atoms with van der Waals surface area (Å²) < 4.78 is 16.9. The Kier molecular flexibility index (Phi) is 57.2. The van der Waals surface area contributed by atoms with Crippen LogP contribution < -0.4 is 0 Å². The number of allylic oxidation sites excluding steroid dienone is 10. The third-order valence-electron chi connectivity index (χ3n) is 13.5. The van der Waals surface area contributed by atoms with Crippen molar-refractivity contribution in [2.45, 2.75) is 322 Å². The smallest absolute Gasteiger partial charge is 0.306 e. The molecule has 0 bridgehead atoms. The van der Waals surface area contributed by atoms with Gasteiger partial charge in [-0.05, 0) is 83.5 Å². The first-order valence-corrected chi connectivity index (χ1v) is 30.8. The van der Waals surface area contributed by atoms with E-state index in [4.69, 9.17) is 14.2 Å². The number of hydrogen-bond acceptors (Lipinski definition) is 6. The average molecular weight is 994 g/mol. The van der Waals surface area contributed by atoms with Gasteiger partial charge in [0.2, 0.25) is 0 Å². The fourth-order valence-electron chi connectivity index (χ4n) is 8.84. The van der Waals surface area contributed by atoms with Crippen LogP contribution in [0.4, 0.5) is 0 Å². The van der Waals surface area contributed by atoms with Crippen LogP contribution in [-0.4, -0.2) is 37.2 Å². The average Bonchev–Trinajstić information content (AvgIpc) is 3.37. The Morgan fingerprint density at radius 2 is 0.521 bits per heavy atom. The zero-order valence-corrected chi connectivity index (χ0v) is 47.2. The maximum Gasteiger partial charge on any atom is 0.306 e. The molecule has 0 fully saturated rings. The summed E-state index contributed by atoms with van der Waals surface area (Å²) in [5, 5.41) is 0. The molecule has 0 aromatic carbocycles. The summed E-state index contributed by atoms with van der Waals surface area (Å²) in [5.41, 5.74) is 0. The number of ether oxygens (including phenoxy) is 3. The summed E-state index contributed by atoms with van der Waals surface area (Å²) in [4.78, 5) is 38.2. The normalized spacial score (nSPS) is 12.4. The van der Waals surface area contributed by atoms with Gasteiger partial charge in [-0.1, -0.05) is 274 Å². The minimum atomic E-state index is -0.797. The molecule has 0 N–H and O–H groups in total. The minimum Gasteiger partial charge on any atom is -0.462 e. The van der Waals surface area contributed by atoms with Gasteiger partial charge >= 0.3 is 17.9 Å². The molecule has 0 saturated carbocycles. The first-order chi connectivity index (χ1) is 35.0. The van der Waals surface area contributed by atoms with E-state index in [9.17, 15) is 14.4 Å². The maximum absolute atomic E-state index is 12.9. The van der Waals surface area contributed by atoms with E-state index in [0.29, 0.717) is 19.3 Å². The number of carbonyl (C=O) groups is 3. The highest BCUT2D eigenvalue weighted by Gasteiger charge is 2.19.